The van der Waals surface area contributed by atoms with Crippen LogP contribution in [0.2, 0.25) is 0 Å². The van der Waals surface area contributed by atoms with Crippen LogP contribution in [0.3, 0.4) is 0 Å². The zero-order chi connectivity index (χ0) is 11.7. The van der Waals surface area contributed by atoms with Crippen LogP contribution in [0.15, 0.2) is 11.6 Å². The number of ether oxygens (including phenoxy) is 1. The maximum atomic E-state index is 11.5. The Morgan fingerprint density at radius 1 is 1.27 bits per heavy atom. The molecule has 0 aliphatic rings. The number of hydrogen-bond donors (Lipinski definition) is 0. The molecule has 3 nitrogen and oxygen atoms in total. The minimum atomic E-state index is -0.310. The summed E-state index contributed by atoms with van der Waals surface area (Å²) in [5, 5.41) is 0. The molecule has 0 saturated carbocycles. The Labute approximate surface area is 91.5 Å². The zero-order valence-electron chi connectivity index (χ0n) is 9.84. The maximum absolute atomic E-state index is 11.5. The lowest BCUT2D eigenvalue weighted by atomic mass is 10.1. The molecule has 0 fully saturated rings. The van der Waals surface area contributed by atoms with Crippen molar-refractivity contribution in [3.05, 3.63) is 11.6 Å². The van der Waals surface area contributed by atoms with Gasteiger partial charge in [-0.05, 0) is 18.9 Å². The van der Waals surface area contributed by atoms with E-state index in [0.29, 0.717) is 12.0 Å². The topological polar surface area (TPSA) is 43.4 Å². The molecule has 0 amide bonds. The van der Waals surface area contributed by atoms with Gasteiger partial charge in [0.1, 0.15) is 0 Å². The number of ketones is 1. The van der Waals surface area contributed by atoms with Crippen molar-refractivity contribution in [1.82, 2.24) is 0 Å². The second kappa shape index (κ2) is 8.21. The fourth-order valence-corrected chi connectivity index (χ4v) is 1.17. The van der Waals surface area contributed by atoms with Crippen LogP contribution >= 0.6 is 0 Å². The summed E-state index contributed by atoms with van der Waals surface area (Å²) in [6, 6.07) is 0. The first kappa shape index (κ1) is 13.9. The van der Waals surface area contributed by atoms with E-state index in [2.05, 4.69) is 11.7 Å². The monoisotopic (exact) mass is 212 g/mol. The molecule has 0 aromatic heterocycles. The van der Waals surface area contributed by atoms with Crippen molar-refractivity contribution in [3.8, 4) is 0 Å². The molecule has 0 radical (unpaired) electrons. The third-order valence-electron chi connectivity index (χ3n) is 2.25. The molecule has 0 aromatic carbocycles. The van der Waals surface area contributed by atoms with Gasteiger partial charge in [-0.25, -0.2) is 0 Å². The van der Waals surface area contributed by atoms with Crippen LogP contribution in [0.4, 0.5) is 0 Å². The molecule has 0 unspecified atom stereocenters. The second-order valence-electron chi connectivity index (χ2n) is 3.55. The number of hydrogen-bond acceptors (Lipinski definition) is 3. The average Bonchev–Trinajstić information content (AvgIpc) is 2.25. The number of unbranched alkanes of at least 4 members (excludes halogenated alkanes) is 2. The Bertz CT molecular complexity index is 241. The van der Waals surface area contributed by atoms with E-state index < -0.39 is 0 Å². The minimum absolute atomic E-state index is 0.132. The quantitative estimate of drug-likeness (QED) is 0.370. The first-order valence-electron chi connectivity index (χ1n) is 5.38. The molecule has 86 valence electrons. The first-order valence-corrected chi connectivity index (χ1v) is 5.38. The van der Waals surface area contributed by atoms with Crippen molar-refractivity contribution in [1.29, 1.82) is 0 Å². The molecule has 3 heteroatoms. The molecular formula is C12H20O3. The highest BCUT2D eigenvalue weighted by molar-refractivity contribution is 5.95. The standard InChI is InChI=1S/C12H20O3/c1-4-5-6-7-11(13)10(2)8-9-12(14)15-3/h8H,4-7,9H2,1-3H3/b10-8+. The Balaban J connectivity index is 3.91. The van der Waals surface area contributed by atoms with Crippen LogP contribution in [0.25, 0.3) is 0 Å². The van der Waals surface area contributed by atoms with Crippen molar-refractivity contribution in [2.24, 2.45) is 0 Å². The lowest BCUT2D eigenvalue weighted by Gasteiger charge is -2.00. The van der Waals surface area contributed by atoms with Gasteiger partial charge in [-0.3, -0.25) is 9.59 Å². The van der Waals surface area contributed by atoms with Gasteiger partial charge in [-0.1, -0.05) is 25.8 Å². The van der Waals surface area contributed by atoms with E-state index in [4.69, 9.17) is 0 Å². The van der Waals surface area contributed by atoms with E-state index in [-0.39, 0.29) is 18.2 Å². The fraction of sp³-hybridized carbons (Fsp3) is 0.667. The summed E-state index contributed by atoms with van der Waals surface area (Å²) in [5.41, 5.74) is 0.663. The average molecular weight is 212 g/mol. The van der Waals surface area contributed by atoms with Gasteiger partial charge in [0, 0.05) is 6.42 Å². The van der Waals surface area contributed by atoms with Crippen LogP contribution in [-0.2, 0) is 14.3 Å². The molecule has 0 spiro atoms. The molecule has 0 bridgehead atoms. The molecule has 0 aliphatic carbocycles. The highest BCUT2D eigenvalue weighted by Crippen LogP contribution is 2.06. The third kappa shape index (κ3) is 6.89. The molecule has 0 N–H and O–H groups in total. The molecule has 0 heterocycles. The third-order valence-corrected chi connectivity index (χ3v) is 2.25. The Morgan fingerprint density at radius 2 is 1.93 bits per heavy atom. The largest absolute Gasteiger partial charge is 0.469 e. The molecule has 0 aromatic rings. The van der Waals surface area contributed by atoms with Crippen molar-refractivity contribution < 1.29 is 14.3 Å². The van der Waals surface area contributed by atoms with Gasteiger partial charge in [-0.2, -0.15) is 0 Å². The van der Waals surface area contributed by atoms with E-state index in [1.165, 1.54) is 7.11 Å². The van der Waals surface area contributed by atoms with E-state index >= 15 is 0 Å². The number of Topliss-reactive ketones (excluding diaryl/α,β-unsaturated/α-hetero) is 1. The van der Waals surface area contributed by atoms with Crippen molar-refractivity contribution in [3.63, 3.8) is 0 Å². The fourth-order valence-electron chi connectivity index (χ4n) is 1.17. The van der Waals surface area contributed by atoms with E-state index in [1.807, 2.05) is 0 Å². The summed E-state index contributed by atoms with van der Waals surface area (Å²) in [5.74, 6) is -0.178. The zero-order valence-corrected chi connectivity index (χ0v) is 9.84. The lowest BCUT2D eigenvalue weighted by molar-refractivity contribution is -0.139. The summed E-state index contributed by atoms with van der Waals surface area (Å²) < 4.78 is 4.48. The van der Waals surface area contributed by atoms with E-state index in [1.54, 1.807) is 13.0 Å². The Kier molecular flexibility index (Phi) is 7.60. The maximum Gasteiger partial charge on any atom is 0.309 e. The molecule has 15 heavy (non-hydrogen) atoms. The predicted molar refractivity (Wildman–Crippen MR) is 59.5 cm³/mol. The SMILES string of the molecule is CCCCCC(=O)/C(C)=C/CC(=O)OC. The van der Waals surface area contributed by atoms with Crippen molar-refractivity contribution in [2.45, 2.75) is 46.0 Å². The molecular weight excluding hydrogens is 192 g/mol. The molecule has 0 atom stereocenters. The van der Waals surface area contributed by atoms with Gasteiger partial charge < -0.3 is 4.74 Å². The van der Waals surface area contributed by atoms with Gasteiger partial charge in [0.2, 0.25) is 0 Å². The number of methoxy groups -OCH3 is 1. The lowest BCUT2D eigenvalue weighted by Crippen LogP contribution is -2.02. The van der Waals surface area contributed by atoms with Gasteiger partial charge in [0.25, 0.3) is 0 Å². The van der Waals surface area contributed by atoms with Crippen LogP contribution < -0.4 is 0 Å². The summed E-state index contributed by atoms with van der Waals surface area (Å²) in [4.78, 5) is 22.3. The number of allylic oxidation sites excluding steroid dienone is 1. The summed E-state index contributed by atoms with van der Waals surface area (Å²) in [7, 11) is 1.34. The number of carbonyl (C=O) groups excluding carboxylic acids is 2. The second-order valence-corrected chi connectivity index (χ2v) is 3.55. The number of carbonyl (C=O) groups is 2. The highest BCUT2D eigenvalue weighted by atomic mass is 16.5. The summed E-state index contributed by atoms with van der Waals surface area (Å²) in [6.45, 7) is 3.85. The molecule has 0 saturated heterocycles. The Hall–Kier alpha value is -1.12. The van der Waals surface area contributed by atoms with Crippen LogP contribution in [0, 0.1) is 0 Å². The number of rotatable bonds is 7. The highest BCUT2D eigenvalue weighted by Gasteiger charge is 2.05. The molecule has 0 rings (SSSR count). The van der Waals surface area contributed by atoms with Gasteiger partial charge in [0.05, 0.1) is 13.5 Å². The van der Waals surface area contributed by atoms with E-state index in [9.17, 15) is 9.59 Å². The van der Waals surface area contributed by atoms with Crippen LogP contribution in [0.5, 0.6) is 0 Å². The van der Waals surface area contributed by atoms with Gasteiger partial charge in [-0.15, -0.1) is 0 Å². The van der Waals surface area contributed by atoms with Gasteiger partial charge in [0.15, 0.2) is 5.78 Å². The van der Waals surface area contributed by atoms with Crippen molar-refractivity contribution in [2.75, 3.05) is 7.11 Å². The summed E-state index contributed by atoms with van der Waals surface area (Å²) >= 11 is 0. The Morgan fingerprint density at radius 3 is 2.47 bits per heavy atom. The van der Waals surface area contributed by atoms with E-state index in [0.717, 1.165) is 19.3 Å². The summed E-state index contributed by atoms with van der Waals surface area (Å²) in [6.07, 6.45) is 5.52. The molecule has 0 aliphatic heterocycles. The minimum Gasteiger partial charge on any atom is -0.469 e. The predicted octanol–water partition coefficient (Wildman–Crippen LogP) is 2.65. The number of esters is 1. The normalized spacial score (nSPS) is 11.3. The van der Waals surface area contributed by atoms with Crippen molar-refractivity contribution >= 4 is 11.8 Å². The van der Waals surface area contributed by atoms with Gasteiger partial charge >= 0.3 is 5.97 Å². The van der Waals surface area contributed by atoms with Crippen LogP contribution in [0.1, 0.15) is 46.0 Å². The van der Waals surface area contributed by atoms with Crippen LogP contribution in [-0.4, -0.2) is 18.9 Å². The first-order chi connectivity index (χ1) is 7.11. The smallest absolute Gasteiger partial charge is 0.309 e.